The van der Waals surface area contributed by atoms with Gasteiger partial charge in [0.2, 0.25) is 10.0 Å². The highest BCUT2D eigenvalue weighted by Gasteiger charge is 2.29. The fourth-order valence-corrected chi connectivity index (χ4v) is 4.09. The minimum Gasteiger partial charge on any atom is -0.399 e. The van der Waals surface area contributed by atoms with Crippen molar-refractivity contribution < 1.29 is 13.2 Å². The number of ether oxygens (including phenoxy) is 1. The first-order chi connectivity index (χ1) is 8.92. The number of methoxy groups -OCH3 is 1. The van der Waals surface area contributed by atoms with Crippen LogP contribution in [-0.4, -0.2) is 27.7 Å². The molecule has 1 aromatic carbocycles. The van der Waals surface area contributed by atoms with Crippen molar-refractivity contribution in [2.75, 3.05) is 12.8 Å². The van der Waals surface area contributed by atoms with E-state index < -0.39 is 10.0 Å². The summed E-state index contributed by atoms with van der Waals surface area (Å²) in [5, 5.41) is 0.169. The fraction of sp³-hybridized carbons (Fsp3) is 0.500. The second-order valence-corrected chi connectivity index (χ2v) is 6.77. The molecule has 0 amide bonds. The number of rotatable bonds is 4. The summed E-state index contributed by atoms with van der Waals surface area (Å²) in [5.74, 6) is 0. The molecule has 1 fully saturated rings. The number of sulfonamides is 1. The van der Waals surface area contributed by atoms with E-state index in [-0.39, 0.29) is 22.1 Å². The van der Waals surface area contributed by atoms with Crippen molar-refractivity contribution in [3.63, 3.8) is 0 Å². The molecule has 0 saturated heterocycles. The van der Waals surface area contributed by atoms with Gasteiger partial charge in [-0.25, -0.2) is 13.1 Å². The van der Waals surface area contributed by atoms with Crippen LogP contribution in [0.1, 0.15) is 19.3 Å². The molecular formula is C12H17ClN2O3S. The Morgan fingerprint density at radius 1 is 1.42 bits per heavy atom. The van der Waals surface area contributed by atoms with Gasteiger partial charge in [0.25, 0.3) is 0 Å². The predicted molar refractivity (Wildman–Crippen MR) is 74.6 cm³/mol. The van der Waals surface area contributed by atoms with E-state index in [1.165, 1.54) is 12.1 Å². The molecule has 1 aliphatic rings. The summed E-state index contributed by atoms with van der Waals surface area (Å²) in [6.45, 7) is 0. The van der Waals surface area contributed by atoms with E-state index >= 15 is 0 Å². The lowest BCUT2D eigenvalue weighted by atomic mass is 10.3. The van der Waals surface area contributed by atoms with Gasteiger partial charge in [0.15, 0.2) is 0 Å². The second kappa shape index (κ2) is 5.66. The summed E-state index contributed by atoms with van der Waals surface area (Å²) in [6, 6.07) is 4.30. The average Bonchev–Trinajstić information content (AvgIpc) is 2.79. The third-order valence-electron chi connectivity index (χ3n) is 3.28. The van der Waals surface area contributed by atoms with Crippen molar-refractivity contribution in [3.8, 4) is 0 Å². The van der Waals surface area contributed by atoms with E-state index in [0.29, 0.717) is 12.1 Å². The highest BCUT2D eigenvalue weighted by Crippen LogP contribution is 2.27. The van der Waals surface area contributed by atoms with E-state index in [4.69, 9.17) is 22.1 Å². The number of nitrogen functional groups attached to an aromatic ring is 1. The predicted octanol–water partition coefficient (Wildman–Crippen LogP) is 1.77. The van der Waals surface area contributed by atoms with Crippen molar-refractivity contribution in [1.82, 2.24) is 4.72 Å². The van der Waals surface area contributed by atoms with Crippen molar-refractivity contribution in [2.24, 2.45) is 0 Å². The Labute approximate surface area is 118 Å². The van der Waals surface area contributed by atoms with Gasteiger partial charge in [0.05, 0.1) is 11.1 Å². The molecule has 19 heavy (non-hydrogen) atoms. The smallest absolute Gasteiger partial charge is 0.242 e. The maximum absolute atomic E-state index is 12.3. The van der Waals surface area contributed by atoms with Crippen LogP contribution in [0.2, 0.25) is 5.02 Å². The molecule has 5 nitrogen and oxygen atoms in total. The quantitative estimate of drug-likeness (QED) is 0.831. The molecule has 1 saturated carbocycles. The topological polar surface area (TPSA) is 81.4 Å². The number of anilines is 1. The van der Waals surface area contributed by atoms with Gasteiger partial charge in [-0.05, 0) is 37.5 Å². The third kappa shape index (κ3) is 3.39. The lowest BCUT2D eigenvalue weighted by Gasteiger charge is -2.14. The fourth-order valence-electron chi connectivity index (χ4n) is 2.27. The first-order valence-electron chi connectivity index (χ1n) is 6.02. The van der Waals surface area contributed by atoms with Gasteiger partial charge < -0.3 is 10.5 Å². The second-order valence-electron chi connectivity index (χ2n) is 4.68. The van der Waals surface area contributed by atoms with Gasteiger partial charge in [-0.2, -0.15) is 0 Å². The Morgan fingerprint density at radius 3 is 2.79 bits per heavy atom. The zero-order valence-electron chi connectivity index (χ0n) is 10.6. The molecule has 1 aliphatic carbocycles. The van der Waals surface area contributed by atoms with Gasteiger partial charge >= 0.3 is 0 Å². The van der Waals surface area contributed by atoms with Crippen LogP contribution in [-0.2, 0) is 14.8 Å². The van der Waals surface area contributed by atoms with E-state index in [1.807, 2.05) is 0 Å². The van der Waals surface area contributed by atoms with Gasteiger partial charge in [-0.3, -0.25) is 0 Å². The summed E-state index contributed by atoms with van der Waals surface area (Å²) in [6.07, 6.45) is 2.41. The van der Waals surface area contributed by atoms with Crippen molar-refractivity contribution in [3.05, 3.63) is 23.2 Å². The first kappa shape index (κ1) is 14.6. The number of hydrogen-bond donors (Lipinski definition) is 2. The molecule has 2 rings (SSSR count). The van der Waals surface area contributed by atoms with Crippen LogP contribution in [0.15, 0.2) is 23.1 Å². The monoisotopic (exact) mass is 304 g/mol. The Kier molecular flexibility index (Phi) is 4.35. The van der Waals surface area contributed by atoms with E-state index in [1.54, 1.807) is 13.2 Å². The van der Waals surface area contributed by atoms with Crippen LogP contribution in [0.25, 0.3) is 0 Å². The largest absolute Gasteiger partial charge is 0.399 e. The number of hydrogen-bond acceptors (Lipinski definition) is 4. The van der Waals surface area contributed by atoms with Gasteiger partial charge in [0, 0.05) is 18.8 Å². The molecule has 0 radical (unpaired) electrons. The SMILES string of the molecule is COC1CCC(NS(=O)(=O)c2cc(N)ccc2Cl)C1. The van der Waals surface area contributed by atoms with Crippen LogP contribution < -0.4 is 10.5 Å². The zero-order valence-corrected chi connectivity index (χ0v) is 12.2. The van der Waals surface area contributed by atoms with Gasteiger partial charge in [-0.15, -0.1) is 0 Å². The van der Waals surface area contributed by atoms with Crippen LogP contribution in [0.4, 0.5) is 5.69 Å². The summed E-state index contributed by atoms with van der Waals surface area (Å²) in [7, 11) is -2.01. The van der Waals surface area contributed by atoms with Crippen LogP contribution >= 0.6 is 11.6 Å². The van der Waals surface area contributed by atoms with Crippen LogP contribution in [0.3, 0.4) is 0 Å². The van der Waals surface area contributed by atoms with Gasteiger partial charge in [0.1, 0.15) is 4.90 Å². The average molecular weight is 305 g/mol. The molecular weight excluding hydrogens is 288 g/mol. The minimum atomic E-state index is -3.65. The number of nitrogens with two attached hydrogens (primary N) is 1. The summed E-state index contributed by atoms with van der Waals surface area (Å²) < 4.78 is 32.4. The van der Waals surface area contributed by atoms with Crippen molar-refractivity contribution in [1.29, 1.82) is 0 Å². The summed E-state index contributed by atoms with van der Waals surface area (Å²) >= 11 is 5.92. The molecule has 0 bridgehead atoms. The van der Waals surface area contributed by atoms with E-state index in [2.05, 4.69) is 4.72 Å². The Hall–Kier alpha value is -0.820. The summed E-state index contributed by atoms with van der Waals surface area (Å²) in [5.41, 5.74) is 5.97. The highest BCUT2D eigenvalue weighted by atomic mass is 35.5. The number of benzene rings is 1. The molecule has 0 aromatic heterocycles. The molecule has 3 N–H and O–H groups in total. The van der Waals surface area contributed by atoms with E-state index in [9.17, 15) is 8.42 Å². The molecule has 0 spiro atoms. The third-order valence-corrected chi connectivity index (χ3v) is 5.29. The Balaban J connectivity index is 2.17. The zero-order chi connectivity index (χ0) is 14.0. The lowest BCUT2D eigenvalue weighted by molar-refractivity contribution is 0.107. The van der Waals surface area contributed by atoms with Crippen LogP contribution in [0.5, 0.6) is 0 Å². The van der Waals surface area contributed by atoms with Gasteiger partial charge in [-0.1, -0.05) is 11.6 Å². The number of halogens is 1. The van der Waals surface area contributed by atoms with Crippen molar-refractivity contribution >= 4 is 27.3 Å². The number of nitrogens with one attached hydrogen (secondary N) is 1. The molecule has 106 valence electrons. The standard InChI is InChI=1S/C12H17ClN2O3S/c1-18-10-4-3-9(7-10)15-19(16,17)12-6-8(14)2-5-11(12)13/h2,5-6,9-10,15H,3-4,7,14H2,1H3. The molecule has 7 heteroatoms. The normalized spacial score (nSPS) is 23.7. The maximum atomic E-state index is 12.3. The lowest BCUT2D eigenvalue weighted by Crippen LogP contribution is -2.33. The Morgan fingerprint density at radius 2 is 2.16 bits per heavy atom. The molecule has 0 aliphatic heterocycles. The first-order valence-corrected chi connectivity index (χ1v) is 7.88. The molecule has 0 heterocycles. The maximum Gasteiger partial charge on any atom is 0.242 e. The molecule has 1 aromatic rings. The highest BCUT2D eigenvalue weighted by molar-refractivity contribution is 7.89. The van der Waals surface area contributed by atoms with Crippen LogP contribution in [0, 0.1) is 0 Å². The molecule has 2 atom stereocenters. The molecule has 2 unspecified atom stereocenters. The summed E-state index contributed by atoms with van der Waals surface area (Å²) in [4.78, 5) is 0.0232. The minimum absolute atomic E-state index is 0.0232. The Bertz CT molecular complexity index is 562. The van der Waals surface area contributed by atoms with Crippen molar-refractivity contribution in [2.45, 2.75) is 36.3 Å². The van der Waals surface area contributed by atoms with E-state index in [0.717, 1.165) is 12.8 Å².